The highest BCUT2D eigenvalue weighted by atomic mass is 16.4. The van der Waals surface area contributed by atoms with Crippen molar-refractivity contribution in [2.24, 2.45) is 0 Å². The molecule has 1 aromatic heterocycles. The molecule has 1 aliphatic rings. The highest BCUT2D eigenvalue weighted by molar-refractivity contribution is 5.84. The van der Waals surface area contributed by atoms with Gasteiger partial charge in [0.1, 0.15) is 0 Å². The molecule has 0 aromatic carbocycles. The van der Waals surface area contributed by atoms with E-state index in [0.29, 0.717) is 0 Å². The van der Waals surface area contributed by atoms with Gasteiger partial charge in [0.15, 0.2) is 5.69 Å². The van der Waals surface area contributed by atoms with Crippen molar-refractivity contribution in [3.05, 3.63) is 11.9 Å². The number of aromatic carboxylic acids is 1. The van der Waals surface area contributed by atoms with E-state index >= 15 is 0 Å². The van der Waals surface area contributed by atoms with Gasteiger partial charge in [0.25, 0.3) is 0 Å². The van der Waals surface area contributed by atoms with Gasteiger partial charge in [-0.25, -0.2) is 9.48 Å². The van der Waals surface area contributed by atoms with Gasteiger partial charge in [-0.3, -0.25) is 0 Å². The van der Waals surface area contributed by atoms with Gasteiger partial charge in [-0.15, -0.1) is 5.10 Å². The Bertz CT molecular complexity index is 349. The van der Waals surface area contributed by atoms with Crippen LogP contribution in [0.25, 0.3) is 0 Å². The number of aromatic nitrogens is 3. The fourth-order valence-corrected chi connectivity index (χ4v) is 1.68. The van der Waals surface area contributed by atoms with Gasteiger partial charge in [0.2, 0.25) is 0 Å². The molecule has 0 spiro atoms. The number of carbonyl (C=O) groups is 1. The third-order valence-electron chi connectivity index (χ3n) is 2.47. The molecule has 2 heterocycles. The first kappa shape index (κ1) is 9.14. The first-order valence-corrected chi connectivity index (χ1v) is 4.50. The Kier molecular flexibility index (Phi) is 2.20. The van der Waals surface area contributed by atoms with Crippen LogP contribution >= 0.6 is 0 Å². The molecule has 6 heteroatoms. The summed E-state index contributed by atoms with van der Waals surface area (Å²) in [6, 6.07) is 0.264. The standard InChI is InChI=1S/C8H12N4O2/c1-11-3-2-6(4-11)12-5-7(8(13)14)9-10-12/h5-6H,2-4H2,1H3,(H,13,14)/t6-/m0/s1. The van der Waals surface area contributed by atoms with Crippen LogP contribution in [-0.2, 0) is 0 Å². The molecule has 1 atom stereocenters. The van der Waals surface area contributed by atoms with E-state index in [9.17, 15) is 4.79 Å². The van der Waals surface area contributed by atoms with Gasteiger partial charge in [-0.1, -0.05) is 5.21 Å². The zero-order chi connectivity index (χ0) is 10.1. The second-order valence-corrected chi connectivity index (χ2v) is 3.59. The molecular formula is C8H12N4O2. The molecule has 1 saturated heterocycles. The summed E-state index contributed by atoms with van der Waals surface area (Å²) in [4.78, 5) is 12.8. The van der Waals surface area contributed by atoms with E-state index in [2.05, 4.69) is 15.2 Å². The van der Waals surface area contributed by atoms with Crippen molar-refractivity contribution >= 4 is 5.97 Å². The molecule has 0 radical (unpaired) electrons. The van der Waals surface area contributed by atoms with Crippen LogP contribution in [0.2, 0.25) is 0 Å². The molecule has 1 aromatic rings. The van der Waals surface area contributed by atoms with Crippen LogP contribution < -0.4 is 0 Å². The van der Waals surface area contributed by atoms with Crippen molar-refractivity contribution in [1.82, 2.24) is 19.9 Å². The Balaban J connectivity index is 2.13. The summed E-state index contributed by atoms with van der Waals surface area (Å²) in [6.45, 7) is 1.93. The Hall–Kier alpha value is -1.43. The van der Waals surface area contributed by atoms with Crippen molar-refractivity contribution in [3.63, 3.8) is 0 Å². The molecule has 76 valence electrons. The number of likely N-dealkylation sites (tertiary alicyclic amines) is 1. The van der Waals surface area contributed by atoms with E-state index in [-0.39, 0.29) is 11.7 Å². The summed E-state index contributed by atoms with van der Waals surface area (Å²) in [7, 11) is 2.04. The minimum Gasteiger partial charge on any atom is -0.476 e. The van der Waals surface area contributed by atoms with Gasteiger partial charge in [-0.05, 0) is 20.0 Å². The number of hydrogen-bond acceptors (Lipinski definition) is 4. The number of carboxylic acids is 1. The monoisotopic (exact) mass is 196 g/mol. The Morgan fingerprint density at radius 2 is 2.50 bits per heavy atom. The number of rotatable bonds is 2. The van der Waals surface area contributed by atoms with Gasteiger partial charge >= 0.3 is 5.97 Å². The predicted molar refractivity (Wildman–Crippen MR) is 48.1 cm³/mol. The van der Waals surface area contributed by atoms with Crippen LogP contribution in [0.5, 0.6) is 0 Å². The van der Waals surface area contributed by atoms with Crippen molar-refractivity contribution < 1.29 is 9.90 Å². The lowest BCUT2D eigenvalue weighted by molar-refractivity contribution is 0.0690. The average molecular weight is 196 g/mol. The Morgan fingerprint density at radius 1 is 1.71 bits per heavy atom. The topological polar surface area (TPSA) is 71.2 Å². The number of hydrogen-bond donors (Lipinski definition) is 1. The second kappa shape index (κ2) is 3.38. The van der Waals surface area contributed by atoms with Gasteiger partial charge < -0.3 is 10.0 Å². The van der Waals surface area contributed by atoms with Crippen LogP contribution in [0, 0.1) is 0 Å². The molecule has 0 aliphatic carbocycles. The first-order valence-electron chi connectivity index (χ1n) is 4.50. The highest BCUT2D eigenvalue weighted by Gasteiger charge is 2.22. The lowest BCUT2D eigenvalue weighted by Gasteiger charge is -2.09. The smallest absolute Gasteiger partial charge is 0.358 e. The van der Waals surface area contributed by atoms with Crippen LogP contribution in [0.15, 0.2) is 6.20 Å². The molecule has 0 saturated carbocycles. The summed E-state index contributed by atoms with van der Waals surface area (Å²) in [6.07, 6.45) is 2.49. The molecule has 1 fully saturated rings. The third-order valence-corrected chi connectivity index (χ3v) is 2.47. The van der Waals surface area contributed by atoms with Crippen molar-refractivity contribution in [2.75, 3.05) is 20.1 Å². The second-order valence-electron chi connectivity index (χ2n) is 3.59. The van der Waals surface area contributed by atoms with Gasteiger partial charge in [0, 0.05) is 6.54 Å². The van der Waals surface area contributed by atoms with Crippen LogP contribution in [0.3, 0.4) is 0 Å². The van der Waals surface area contributed by atoms with E-state index in [1.807, 2.05) is 7.05 Å². The molecular weight excluding hydrogens is 184 g/mol. The lowest BCUT2D eigenvalue weighted by Crippen LogP contribution is -2.16. The van der Waals surface area contributed by atoms with Crippen molar-refractivity contribution in [1.29, 1.82) is 0 Å². The van der Waals surface area contributed by atoms with E-state index in [4.69, 9.17) is 5.11 Å². The van der Waals surface area contributed by atoms with Gasteiger partial charge in [0.05, 0.1) is 12.2 Å². The third kappa shape index (κ3) is 1.60. The predicted octanol–water partition coefficient (Wildman–Crippen LogP) is -0.147. The number of carboxylic acid groups (broad SMARTS) is 1. The molecule has 0 amide bonds. The van der Waals surface area contributed by atoms with E-state index < -0.39 is 5.97 Å². The summed E-state index contributed by atoms with van der Waals surface area (Å²) < 4.78 is 1.65. The molecule has 2 rings (SSSR count). The molecule has 14 heavy (non-hydrogen) atoms. The molecule has 1 N–H and O–H groups in total. The average Bonchev–Trinajstić information content (AvgIpc) is 2.70. The van der Waals surface area contributed by atoms with Crippen LogP contribution in [0.4, 0.5) is 0 Å². The maximum Gasteiger partial charge on any atom is 0.358 e. The zero-order valence-corrected chi connectivity index (χ0v) is 7.92. The fourth-order valence-electron chi connectivity index (χ4n) is 1.68. The first-order chi connectivity index (χ1) is 6.66. The lowest BCUT2D eigenvalue weighted by atomic mass is 10.3. The van der Waals surface area contributed by atoms with Crippen molar-refractivity contribution in [2.45, 2.75) is 12.5 Å². The largest absolute Gasteiger partial charge is 0.476 e. The Labute approximate surface area is 81.1 Å². The maximum atomic E-state index is 10.6. The van der Waals surface area contributed by atoms with E-state index in [0.717, 1.165) is 19.5 Å². The SMILES string of the molecule is CN1CC[C@H](n2cc(C(=O)O)nn2)C1. The molecule has 0 bridgehead atoms. The van der Waals surface area contributed by atoms with Gasteiger partial charge in [-0.2, -0.15) is 0 Å². The summed E-state index contributed by atoms with van der Waals surface area (Å²) >= 11 is 0. The quantitative estimate of drug-likeness (QED) is 0.712. The van der Waals surface area contributed by atoms with Crippen molar-refractivity contribution in [3.8, 4) is 0 Å². The number of likely N-dealkylation sites (N-methyl/N-ethyl adjacent to an activating group) is 1. The molecule has 1 aliphatic heterocycles. The highest BCUT2D eigenvalue weighted by Crippen LogP contribution is 2.18. The zero-order valence-electron chi connectivity index (χ0n) is 7.92. The summed E-state index contributed by atoms with van der Waals surface area (Å²) in [5, 5.41) is 16.1. The normalized spacial score (nSPS) is 22.8. The number of nitrogens with zero attached hydrogens (tertiary/aromatic N) is 4. The van der Waals surface area contributed by atoms with E-state index in [1.165, 1.54) is 6.20 Å². The summed E-state index contributed by atoms with van der Waals surface area (Å²) in [5.41, 5.74) is 0.0135. The minimum absolute atomic E-state index is 0.0135. The summed E-state index contributed by atoms with van der Waals surface area (Å²) in [5.74, 6) is -1.03. The van der Waals surface area contributed by atoms with Crippen LogP contribution in [0.1, 0.15) is 23.0 Å². The minimum atomic E-state index is -1.03. The van der Waals surface area contributed by atoms with E-state index in [1.54, 1.807) is 4.68 Å². The molecule has 6 nitrogen and oxygen atoms in total. The Morgan fingerprint density at radius 3 is 3.00 bits per heavy atom. The maximum absolute atomic E-state index is 10.6. The molecule has 0 unspecified atom stereocenters. The van der Waals surface area contributed by atoms with Crippen LogP contribution in [-0.4, -0.2) is 51.1 Å². The fraction of sp³-hybridized carbons (Fsp3) is 0.625.